The van der Waals surface area contributed by atoms with E-state index in [-0.39, 0.29) is 55.1 Å². The van der Waals surface area contributed by atoms with E-state index in [0.29, 0.717) is 55.6 Å². The van der Waals surface area contributed by atoms with Gasteiger partial charge in [-0.1, -0.05) is 407 Å². The highest BCUT2D eigenvalue weighted by Crippen LogP contribution is 2.36. The molecule has 2 amide bonds. The van der Waals surface area contributed by atoms with E-state index in [1.54, 1.807) is 24.3 Å². The van der Waals surface area contributed by atoms with Gasteiger partial charge in [-0.3, -0.25) is 28.8 Å². The number of amides is 2. The zero-order chi connectivity index (χ0) is 82.2. The Morgan fingerprint density at radius 3 is 0.884 bits per heavy atom. The van der Waals surface area contributed by atoms with Gasteiger partial charge in [0.05, 0.1) is 0 Å². The monoisotopic (exact) mass is 1570 g/mol. The third-order valence-corrected chi connectivity index (χ3v) is 23.3. The number of Topliss-reactive ketones (excluding diaryl/α,β-unsaturated/α-hetero) is 2. The van der Waals surface area contributed by atoms with Crippen molar-refractivity contribution in [3.63, 3.8) is 0 Å². The molecule has 0 saturated heterocycles. The number of benzene rings is 2. The summed E-state index contributed by atoms with van der Waals surface area (Å²) in [5.41, 5.74) is 0.170. The van der Waals surface area contributed by atoms with Gasteiger partial charge in [0.2, 0.25) is 11.8 Å². The molecule has 4 atom stereocenters. The lowest BCUT2D eigenvalue weighted by Crippen LogP contribution is -2.34. The van der Waals surface area contributed by atoms with E-state index in [1.165, 1.54) is 316 Å². The zero-order valence-corrected chi connectivity index (χ0v) is 74.1. The molecule has 0 spiro atoms. The first-order valence-corrected chi connectivity index (χ1v) is 47.1. The molecule has 0 radical (unpaired) electrons. The second-order valence-corrected chi connectivity index (χ2v) is 35.0. The number of rotatable bonds is 78. The maximum atomic E-state index is 12.8. The zero-order valence-electron chi connectivity index (χ0n) is 74.1. The van der Waals surface area contributed by atoms with Crippen molar-refractivity contribution in [1.29, 1.82) is 0 Å². The summed E-state index contributed by atoms with van der Waals surface area (Å²) in [4.78, 5) is 83.6. The number of ketones is 2. The summed E-state index contributed by atoms with van der Waals surface area (Å²) >= 11 is 0. The van der Waals surface area contributed by atoms with Crippen molar-refractivity contribution in [1.82, 2.24) is 10.6 Å². The predicted molar refractivity (Wildman–Crippen MR) is 470 cm³/mol. The maximum Gasteiger partial charge on any atom is 0.306 e. The third-order valence-electron chi connectivity index (χ3n) is 23.3. The number of unbranched alkanes of at least 4 members (excludes halogenated alkanes) is 40. The summed E-state index contributed by atoms with van der Waals surface area (Å²) < 4.78 is 16.7. The Hall–Kier alpha value is -4.91. The van der Waals surface area contributed by atoms with E-state index in [2.05, 4.69) is 38.3 Å². The first kappa shape index (κ1) is 105. The summed E-state index contributed by atoms with van der Waals surface area (Å²) in [5.74, 6) is 3.54. The minimum atomic E-state index is -1.43. The molecule has 112 heavy (non-hydrogen) atoms. The highest BCUT2D eigenvalue weighted by Gasteiger charge is 2.27. The number of ether oxygens (including phenoxy) is 3. The number of hydrogen-bond acceptors (Lipinski definition) is 11. The summed E-state index contributed by atoms with van der Waals surface area (Å²) in [6, 6.07) is 14.1. The number of aliphatic hydroxyl groups is 1. The van der Waals surface area contributed by atoms with E-state index >= 15 is 0 Å². The molecule has 0 bridgehead atoms. The first-order valence-electron chi connectivity index (χ1n) is 47.1. The van der Waals surface area contributed by atoms with Gasteiger partial charge >= 0.3 is 11.9 Å². The van der Waals surface area contributed by atoms with E-state index < -0.39 is 11.0 Å². The van der Waals surface area contributed by atoms with E-state index in [4.69, 9.17) is 19.0 Å². The highest BCUT2D eigenvalue weighted by atomic mass is 16.6. The first-order chi connectivity index (χ1) is 54.3. The number of hydrogen-bond donors (Lipinski definition) is 3. The van der Waals surface area contributed by atoms with Gasteiger partial charge in [0.1, 0.15) is 38.0 Å². The fraction of sp³-hybridized carbons (Fsp3) is 0.808. The Kier molecular flexibility index (Phi) is 68.1. The van der Waals surface area contributed by atoms with Crippen molar-refractivity contribution < 1.29 is 52.9 Å². The molecule has 0 aliphatic rings. The molecule has 646 valence electrons. The van der Waals surface area contributed by atoms with Gasteiger partial charge in [-0.25, -0.2) is 0 Å². The van der Waals surface area contributed by atoms with Gasteiger partial charge in [-0.2, -0.15) is 0 Å². The highest BCUT2D eigenvalue weighted by molar-refractivity contribution is 6.02. The maximum absolute atomic E-state index is 12.8. The van der Waals surface area contributed by atoms with Crippen molar-refractivity contribution in [2.24, 2.45) is 29.1 Å². The topological polar surface area (TPSA) is 191 Å². The molecule has 2 aromatic carbocycles. The van der Waals surface area contributed by atoms with Crippen LogP contribution in [0.25, 0.3) is 0 Å². The van der Waals surface area contributed by atoms with Crippen LogP contribution in [-0.2, 0) is 40.1 Å². The Bertz CT molecular complexity index is 2560. The van der Waals surface area contributed by atoms with Crippen LogP contribution in [0.1, 0.15) is 474 Å². The van der Waals surface area contributed by atoms with Crippen molar-refractivity contribution >= 4 is 42.1 Å². The van der Waals surface area contributed by atoms with Crippen LogP contribution in [0.2, 0.25) is 0 Å². The average Bonchev–Trinajstić information content (AvgIpc) is 0.832. The largest absolute Gasteiger partial charge is 0.490 e. The Labute approximate surface area is 688 Å². The molecular formula is C99H174N2O11. The lowest BCUT2D eigenvalue weighted by molar-refractivity contribution is -0.145. The molecule has 0 heterocycles. The molecule has 4 unspecified atom stereocenters. The fourth-order valence-corrected chi connectivity index (χ4v) is 16.2. The predicted octanol–water partition coefficient (Wildman–Crippen LogP) is 27.5. The van der Waals surface area contributed by atoms with Crippen LogP contribution >= 0.6 is 0 Å². The standard InChI is InChI=1S/C98H172N2O10.CH2O/c1-10-14-18-22-34-46-58-84(86(60-48-36-24-20-16-12-3)64-52-40-28-32-44-56-68-93(103)109-81-80-108-90-76-74-89(75-77-90)96(106)98(8,9)107)62-50-38-26-30-42-54-66-91(101)99-78-79-100-92(102)67-55-43-31-27-39-51-63-85(59-47-35-23-19-15-11-2)87(61-49-37-25-21-17-13-4)65-53-41-29-33-45-57-69-94(104)110-82-83-70-72-88(73-71-83)95(105)97(5,6)7;1-2/h70-77,84-87,107H,10-69,78-82H2,1-9H3,(H,99,101)(H,100,102);1H2. The molecule has 0 aliphatic carbocycles. The molecule has 3 N–H and O–H groups in total. The van der Waals surface area contributed by atoms with Gasteiger partial charge in [-0.15, -0.1) is 0 Å². The third kappa shape index (κ3) is 59.7. The second-order valence-electron chi connectivity index (χ2n) is 35.0. The SMILES string of the molecule is C=O.CCCCCCCCC(CCCCCCCCC(=O)NCCNC(=O)CCCCCCCCC(CCCCCCCC)C(CCCCCCCC)CCCCCCCCC(=O)OCc1ccc(C(=O)C(C)(C)C)cc1)C(CCCCCCCC)CCCCCCCCC(=O)OCCOc1ccc(C(=O)C(C)(C)O)cc1. The molecule has 0 aliphatic heterocycles. The normalized spacial score (nSPS) is 12.7. The van der Waals surface area contributed by atoms with Crippen LogP contribution in [0.15, 0.2) is 48.5 Å². The lowest BCUT2D eigenvalue weighted by atomic mass is 9.78. The lowest BCUT2D eigenvalue weighted by Gasteiger charge is -2.28. The van der Waals surface area contributed by atoms with Crippen LogP contribution in [-0.4, -0.2) is 79.1 Å². The average molecular weight is 1570 g/mol. The summed E-state index contributed by atoms with van der Waals surface area (Å²) in [6.45, 7) is 21.6. The summed E-state index contributed by atoms with van der Waals surface area (Å²) in [5, 5.41) is 16.1. The van der Waals surface area contributed by atoms with Crippen LogP contribution < -0.4 is 15.4 Å². The van der Waals surface area contributed by atoms with Crippen LogP contribution in [0.5, 0.6) is 5.75 Å². The second kappa shape index (κ2) is 72.5. The van der Waals surface area contributed by atoms with Crippen molar-refractivity contribution in [2.75, 3.05) is 26.3 Å². The van der Waals surface area contributed by atoms with Gasteiger partial charge in [0.25, 0.3) is 0 Å². The van der Waals surface area contributed by atoms with Gasteiger partial charge in [0.15, 0.2) is 11.6 Å². The summed E-state index contributed by atoms with van der Waals surface area (Å²) in [6.07, 6.45) is 73.6. The van der Waals surface area contributed by atoms with Crippen molar-refractivity contribution in [3.8, 4) is 5.75 Å². The Morgan fingerprint density at radius 1 is 0.330 bits per heavy atom. The fourth-order valence-electron chi connectivity index (χ4n) is 16.2. The number of esters is 2. The smallest absolute Gasteiger partial charge is 0.306 e. The molecular weight excluding hydrogens is 1390 g/mol. The van der Waals surface area contributed by atoms with E-state index in [9.17, 15) is 33.9 Å². The van der Waals surface area contributed by atoms with Gasteiger partial charge in [0, 0.05) is 55.3 Å². The molecule has 13 nitrogen and oxygen atoms in total. The molecule has 13 heteroatoms. The van der Waals surface area contributed by atoms with E-state index in [0.717, 1.165) is 87.0 Å². The number of carbonyl (C=O) groups is 7. The van der Waals surface area contributed by atoms with Crippen molar-refractivity contribution in [3.05, 3.63) is 65.2 Å². The molecule has 0 fully saturated rings. The molecule has 2 aromatic rings. The molecule has 2 rings (SSSR count). The van der Waals surface area contributed by atoms with E-state index in [1.807, 2.05) is 51.8 Å². The molecule has 0 saturated carbocycles. The summed E-state index contributed by atoms with van der Waals surface area (Å²) in [7, 11) is 0. The molecule has 0 aromatic heterocycles. The quantitative estimate of drug-likeness (QED) is 0.0324. The number of nitrogens with one attached hydrogen (secondary N) is 2. The van der Waals surface area contributed by atoms with Gasteiger partial charge in [-0.05, 0) is 93.0 Å². The van der Waals surface area contributed by atoms with Crippen molar-refractivity contribution in [2.45, 2.75) is 460 Å². The Morgan fingerprint density at radius 2 is 0.589 bits per heavy atom. The van der Waals surface area contributed by atoms with Crippen LogP contribution in [0, 0.1) is 29.1 Å². The van der Waals surface area contributed by atoms with Crippen LogP contribution in [0.3, 0.4) is 0 Å². The van der Waals surface area contributed by atoms with Crippen LogP contribution in [0.4, 0.5) is 0 Å². The Balaban J connectivity index is 0.0000311. The van der Waals surface area contributed by atoms with Gasteiger partial charge < -0.3 is 34.7 Å². The minimum absolute atomic E-state index is 0.100. The number of carbonyl (C=O) groups excluding carboxylic acids is 7. The minimum Gasteiger partial charge on any atom is -0.490 e.